The Morgan fingerprint density at radius 3 is 2.96 bits per heavy atom. The number of phenols is 1. The van der Waals surface area contributed by atoms with Crippen LogP contribution in [0.4, 0.5) is 0 Å². The van der Waals surface area contributed by atoms with E-state index in [1.54, 1.807) is 6.07 Å². The molecule has 0 amide bonds. The summed E-state index contributed by atoms with van der Waals surface area (Å²) < 4.78 is 6.13. The van der Waals surface area contributed by atoms with Gasteiger partial charge in [-0.05, 0) is 49.8 Å². The molecule has 2 heterocycles. The molecule has 0 aromatic heterocycles. The third kappa shape index (κ3) is 1.56. The van der Waals surface area contributed by atoms with Gasteiger partial charge in [-0.25, -0.2) is 0 Å². The van der Waals surface area contributed by atoms with Gasteiger partial charge in [0, 0.05) is 17.5 Å². The van der Waals surface area contributed by atoms with E-state index in [4.69, 9.17) is 4.74 Å². The van der Waals surface area contributed by atoms with E-state index in [0.717, 1.165) is 30.5 Å². The Morgan fingerprint density at radius 1 is 1.32 bits per heavy atom. The lowest BCUT2D eigenvalue weighted by Gasteiger charge is -2.61. The summed E-state index contributed by atoms with van der Waals surface area (Å²) in [5.41, 5.74) is 0.346. The Kier molecular flexibility index (Phi) is 2.55. The Hall–Kier alpha value is -1.59. The first-order chi connectivity index (χ1) is 12.0. The van der Waals surface area contributed by atoms with Crippen molar-refractivity contribution < 1.29 is 19.7 Å². The second-order valence-electron chi connectivity index (χ2n) is 8.78. The van der Waals surface area contributed by atoms with Gasteiger partial charge in [0.1, 0.15) is 0 Å². The Bertz CT molecular complexity index is 803. The van der Waals surface area contributed by atoms with Gasteiger partial charge in [0.05, 0.1) is 11.0 Å². The highest BCUT2D eigenvalue weighted by atomic mass is 16.5. The van der Waals surface area contributed by atoms with Gasteiger partial charge < -0.3 is 20.3 Å². The maximum Gasteiger partial charge on any atom is 0.177 e. The van der Waals surface area contributed by atoms with Gasteiger partial charge in [-0.2, -0.15) is 0 Å². The Balaban J connectivity index is 1.58. The first-order valence-electron chi connectivity index (χ1n) is 9.56. The summed E-state index contributed by atoms with van der Waals surface area (Å²) in [6, 6.07) is 3.54. The number of piperidine rings is 1. The van der Waals surface area contributed by atoms with E-state index in [9.17, 15) is 15.0 Å². The van der Waals surface area contributed by atoms with Crippen LogP contribution in [0.1, 0.15) is 43.2 Å². The van der Waals surface area contributed by atoms with Crippen molar-refractivity contribution >= 4 is 5.78 Å². The van der Waals surface area contributed by atoms with Crippen molar-refractivity contribution in [2.45, 2.75) is 61.7 Å². The third-order valence-corrected chi connectivity index (χ3v) is 7.57. The molecule has 132 valence electrons. The zero-order chi connectivity index (χ0) is 17.0. The van der Waals surface area contributed by atoms with Crippen LogP contribution in [0.25, 0.3) is 0 Å². The second-order valence-corrected chi connectivity index (χ2v) is 8.78. The molecular weight excluding hydrogens is 318 g/mol. The lowest BCUT2D eigenvalue weighted by atomic mass is 9.47. The van der Waals surface area contributed by atoms with Crippen LogP contribution in [0.15, 0.2) is 12.1 Å². The highest BCUT2D eigenvalue weighted by Crippen LogP contribution is 2.64. The lowest BCUT2D eigenvalue weighted by molar-refractivity contribution is -0.177. The minimum atomic E-state index is -0.977. The van der Waals surface area contributed by atoms with Crippen LogP contribution in [-0.2, 0) is 16.6 Å². The molecule has 5 atom stereocenters. The normalized spacial score (nSPS) is 43.6. The van der Waals surface area contributed by atoms with Gasteiger partial charge in [-0.1, -0.05) is 18.9 Å². The fourth-order valence-corrected chi connectivity index (χ4v) is 6.31. The summed E-state index contributed by atoms with van der Waals surface area (Å²) in [7, 11) is 0. The summed E-state index contributed by atoms with van der Waals surface area (Å²) in [6.07, 6.45) is 4.55. The van der Waals surface area contributed by atoms with Crippen LogP contribution >= 0.6 is 0 Å². The number of Topliss-reactive ketones (excluding diaryl/α,β-unsaturated/α-hetero) is 1. The molecule has 3 fully saturated rings. The van der Waals surface area contributed by atoms with Crippen LogP contribution < -0.4 is 10.1 Å². The molecule has 3 aliphatic carbocycles. The first kappa shape index (κ1) is 14.6. The average molecular weight is 341 g/mol. The molecule has 1 spiro atoms. The van der Waals surface area contributed by atoms with Crippen LogP contribution in [0.3, 0.4) is 0 Å². The summed E-state index contributed by atoms with van der Waals surface area (Å²) >= 11 is 0. The van der Waals surface area contributed by atoms with Crippen LogP contribution in [-0.4, -0.2) is 40.3 Å². The summed E-state index contributed by atoms with van der Waals surface area (Å²) in [5, 5.41) is 25.8. The molecule has 5 heteroatoms. The number of carbonyl (C=O) groups is 1. The molecule has 25 heavy (non-hydrogen) atoms. The van der Waals surface area contributed by atoms with E-state index >= 15 is 0 Å². The van der Waals surface area contributed by atoms with Crippen molar-refractivity contribution in [3.05, 3.63) is 23.3 Å². The molecular formula is C20H23NO4. The number of nitrogens with one attached hydrogen (secondary N) is 1. The first-order valence-corrected chi connectivity index (χ1v) is 9.56. The molecule has 1 aromatic rings. The van der Waals surface area contributed by atoms with Crippen molar-refractivity contribution in [1.82, 2.24) is 5.32 Å². The summed E-state index contributed by atoms with van der Waals surface area (Å²) in [4.78, 5) is 13.3. The molecule has 5 nitrogen and oxygen atoms in total. The number of aliphatic hydroxyl groups is 1. The third-order valence-electron chi connectivity index (χ3n) is 7.57. The van der Waals surface area contributed by atoms with Crippen molar-refractivity contribution in [3.63, 3.8) is 0 Å². The highest BCUT2D eigenvalue weighted by Gasteiger charge is 2.73. The predicted octanol–water partition coefficient (Wildman–Crippen LogP) is 1.43. The largest absolute Gasteiger partial charge is 0.504 e. The average Bonchev–Trinajstić information content (AvgIpc) is 3.31. The number of aromatic hydroxyl groups is 1. The standard InChI is InChI=1S/C20H23NO4/c22-13-4-3-11-8-14-20(24)9-12(7-10-1-2-10)16(23)18-19(20,5-6-21-14)15(11)17(13)25-18/h3-4,10,12,14,18,21-22,24H,1-2,5-9H2/t12?,14-,18+,19+,20-/m1/s1. The van der Waals surface area contributed by atoms with Gasteiger partial charge in [-0.3, -0.25) is 4.79 Å². The minimum Gasteiger partial charge on any atom is -0.504 e. The SMILES string of the molecule is O=C1C(CC2CC2)C[C@@]2(O)[C@H]3Cc4ccc(O)c5c4[C@@]2(CCN3)[C@H]1O5. The van der Waals surface area contributed by atoms with E-state index < -0.39 is 17.1 Å². The molecule has 5 aliphatic rings. The molecule has 6 rings (SSSR count). The number of hydrogen-bond acceptors (Lipinski definition) is 5. The van der Waals surface area contributed by atoms with E-state index in [1.165, 1.54) is 12.8 Å². The summed E-state index contributed by atoms with van der Waals surface area (Å²) in [6.45, 7) is 0.766. The predicted molar refractivity (Wildman–Crippen MR) is 89.7 cm³/mol. The monoisotopic (exact) mass is 341 g/mol. The highest BCUT2D eigenvalue weighted by molar-refractivity contribution is 5.92. The fourth-order valence-electron chi connectivity index (χ4n) is 6.31. The number of benzene rings is 1. The van der Waals surface area contributed by atoms with Crippen molar-refractivity contribution in [1.29, 1.82) is 0 Å². The second kappa shape index (κ2) is 4.38. The molecule has 0 radical (unpaired) electrons. The van der Waals surface area contributed by atoms with Crippen molar-refractivity contribution in [3.8, 4) is 11.5 Å². The van der Waals surface area contributed by atoms with E-state index in [0.29, 0.717) is 24.5 Å². The number of ether oxygens (including phenoxy) is 1. The number of hydrogen-bond donors (Lipinski definition) is 3. The molecule has 1 saturated heterocycles. The zero-order valence-electron chi connectivity index (χ0n) is 14.1. The van der Waals surface area contributed by atoms with E-state index in [1.807, 2.05) is 6.07 Å². The van der Waals surface area contributed by atoms with Crippen LogP contribution in [0.5, 0.6) is 11.5 Å². The van der Waals surface area contributed by atoms with Crippen molar-refractivity contribution in [2.24, 2.45) is 11.8 Å². The number of carbonyl (C=O) groups excluding carboxylic acids is 1. The lowest BCUT2D eigenvalue weighted by Crippen LogP contribution is -2.77. The van der Waals surface area contributed by atoms with Gasteiger partial charge in [-0.15, -0.1) is 0 Å². The maximum absolute atomic E-state index is 13.3. The van der Waals surface area contributed by atoms with Crippen LogP contribution in [0, 0.1) is 11.8 Å². The topological polar surface area (TPSA) is 78.8 Å². The molecule has 2 bridgehead atoms. The molecule has 2 saturated carbocycles. The molecule has 1 unspecified atom stereocenters. The molecule has 3 N–H and O–H groups in total. The molecule has 1 aromatic carbocycles. The Morgan fingerprint density at radius 2 is 2.16 bits per heavy atom. The van der Waals surface area contributed by atoms with Gasteiger partial charge >= 0.3 is 0 Å². The molecule has 2 aliphatic heterocycles. The van der Waals surface area contributed by atoms with Gasteiger partial charge in [0.25, 0.3) is 0 Å². The number of phenolic OH excluding ortho intramolecular Hbond substituents is 1. The summed E-state index contributed by atoms with van der Waals surface area (Å²) in [5.74, 6) is 1.18. The zero-order valence-corrected chi connectivity index (χ0v) is 14.1. The van der Waals surface area contributed by atoms with Crippen molar-refractivity contribution in [2.75, 3.05) is 6.54 Å². The number of ketones is 1. The minimum absolute atomic E-state index is 0.0508. The maximum atomic E-state index is 13.3. The van der Waals surface area contributed by atoms with Gasteiger partial charge in [0.15, 0.2) is 23.4 Å². The van der Waals surface area contributed by atoms with Crippen LogP contribution in [0.2, 0.25) is 0 Å². The smallest absolute Gasteiger partial charge is 0.177 e. The van der Waals surface area contributed by atoms with E-state index in [-0.39, 0.29) is 23.5 Å². The fraction of sp³-hybridized carbons (Fsp3) is 0.650. The van der Waals surface area contributed by atoms with Gasteiger partial charge in [0.2, 0.25) is 0 Å². The quantitative estimate of drug-likeness (QED) is 0.758. The van der Waals surface area contributed by atoms with E-state index in [2.05, 4.69) is 5.32 Å². The number of rotatable bonds is 2. The Labute approximate surface area is 146 Å².